The molecule has 0 saturated heterocycles. The van der Waals surface area contributed by atoms with Crippen molar-refractivity contribution in [3.8, 4) is 0 Å². The van der Waals surface area contributed by atoms with E-state index in [0.717, 1.165) is 35.0 Å². The average molecular weight is 388 g/mol. The lowest BCUT2D eigenvalue weighted by Gasteiger charge is -2.21. The molecule has 0 aliphatic carbocycles. The van der Waals surface area contributed by atoms with E-state index in [1.807, 2.05) is 24.4 Å². The number of nitrogens with one attached hydrogen (secondary N) is 1. The fraction of sp³-hybridized carbons (Fsp3) is 0.312. The first-order valence-corrected chi connectivity index (χ1v) is 8.43. The maximum absolute atomic E-state index is 6.35. The van der Waals surface area contributed by atoms with E-state index < -0.39 is 0 Å². The van der Waals surface area contributed by atoms with E-state index in [2.05, 4.69) is 39.2 Å². The monoisotopic (exact) mass is 386 g/mol. The van der Waals surface area contributed by atoms with Crippen molar-refractivity contribution in [3.05, 3.63) is 62.3 Å². The Morgan fingerprint density at radius 1 is 1.24 bits per heavy atom. The molecule has 112 valence electrons. The first-order chi connectivity index (χ1) is 10.1. The van der Waals surface area contributed by atoms with Crippen LogP contribution in [0.5, 0.6) is 0 Å². The number of aromatic nitrogens is 1. The molecule has 0 radical (unpaired) electrons. The first kappa shape index (κ1) is 16.8. The molecular weight excluding hydrogens is 371 g/mol. The molecule has 0 aliphatic rings. The summed E-state index contributed by atoms with van der Waals surface area (Å²) in [5.74, 6) is 0. The molecule has 1 unspecified atom stereocenters. The second-order valence-electron chi connectivity index (χ2n) is 4.86. The minimum absolute atomic E-state index is 0.0715. The molecule has 0 spiro atoms. The van der Waals surface area contributed by atoms with Gasteiger partial charge in [-0.1, -0.05) is 36.2 Å². The van der Waals surface area contributed by atoms with Crippen molar-refractivity contribution in [3.63, 3.8) is 0 Å². The van der Waals surface area contributed by atoms with Crippen LogP contribution in [0.1, 0.15) is 30.5 Å². The van der Waals surface area contributed by atoms with Gasteiger partial charge in [0.25, 0.3) is 0 Å². The molecule has 0 fully saturated rings. The second-order valence-corrected chi connectivity index (χ2v) is 6.59. The van der Waals surface area contributed by atoms with Crippen LogP contribution in [0, 0.1) is 0 Å². The molecule has 21 heavy (non-hydrogen) atoms. The van der Waals surface area contributed by atoms with Gasteiger partial charge in [0.2, 0.25) is 0 Å². The number of pyridine rings is 1. The van der Waals surface area contributed by atoms with Crippen LogP contribution < -0.4 is 5.32 Å². The molecular formula is C16H17BrCl2N2. The smallest absolute Gasteiger partial charge is 0.0468 e. The molecule has 1 N–H and O–H groups in total. The zero-order chi connectivity index (χ0) is 15.2. The summed E-state index contributed by atoms with van der Waals surface area (Å²) in [5.41, 5.74) is 2.09. The topological polar surface area (TPSA) is 24.9 Å². The lowest BCUT2D eigenvalue weighted by molar-refractivity contribution is 0.529. The average Bonchev–Trinajstić information content (AvgIpc) is 2.44. The Kier molecular flexibility index (Phi) is 6.49. The SMILES string of the molecule is CCCNC(Cc1cncc(Br)c1)c1c(Cl)cccc1Cl. The molecule has 2 rings (SSSR count). The lowest BCUT2D eigenvalue weighted by atomic mass is 9.99. The summed E-state index contributed by atoms with van der Waals surface area (Å²) >= 11 is 16.2. The third kappa shape index (κ3) is 4.68. The molecule has 0 aliphatic heterocycles. The minimum Gasteiger partial charge on any atom is -0.310 e. The molecule has 1 atom stereocenters. The van der Waals surface area contributed by atoms with Crippen LogP contribution in [0.3, 0.4) is 0 Å². The van der Waals surface area contributed by atoms with Crippen molar-refractivity contribution in [1.29, 1.82) is 0 Å². The van der Waals surface area contributed by atoms with Crippen LogP contribution in [0.2, 0.25) is 10.0 Å². The van der Waals surface area contributed by atoms with Gasteiger partial charge in [0.05, 0.1) is 0 Å². The predicted molar refractivity (Wildman–Crippen MR) is 93.1 cm³/mol. The number of halogens is 3. The summed E-state index contributed by atoms with van der Waals surface area (Å²) < 4.78 is 0.972. The molecule has 1 aromatic heterocycles. The highest BCUT2D eigenvalue weighted by atomic mass is 79.9. The minimum atomic E-state index is 0.0715. The van der Waals surface area contributed by atoms with Crippen LogP contribution in [0.25, 0.3) is 0 Å². The van der Waals surface area contributed by atoms with E-state index in [-0.39, 0.29) is 6.04 Å². The van der Waals surface area contributed by atoms with Crippen molar-refractivity contribution in [2.45, 2.75) is 25.8 Å². The van der Waals surface area contributed by atoms with Gasteiger partial charge in [0, 0.05) is 38.5 Å². The highest BCUT2D eigenvalue weighted by Gasteiger charge is 2.18. The summed E-state index contributed by atoms with van der Waals surface area (Å²) in [6.07, 6.45) is 5.49. The fourth-order valence-electron chi connectivity index (χ4n) is 2.24. The fourth-order valence-corrected chi connectivity index (χ4v) is 3.31. The van der Waals surface area contributed by atoms with Crippen LogP contribution in [0.4, 0.5) is 0 Å². The molecule has 2 aromatic rings. The Hall–Kier alpha value is -0.610. The third-order valence-electron chi connectivity index (χ3n) is 3.19. The van der Waals surface area contributed by atoms with Crippen LogP contribution in [-0.2, 0) is 6.42 Å². The quantitative estimate of drug-likeness (QED) is 0.714. The molecule has 0 amide bonds. The van der Waals surface area contributed by atoms with Gasteiger partial charge in [-0.2, -0.15) is 0 Å². The van der Waals surface area contributed by atoms with Crippen LogP contribution in [-0.4, -0.2) is 11.5 Å². The van der Waals surface area contributed by atoms with Crippen molar-refractivity contribution in [2.75, 3.05) is 6.54 Å². The van der Waals surface area contributed by atoms with E-state index in [9.17, 15) is 0 Å². The summed E-state index contributed by atoms with van der Waals surface area (Å²) in [6, 6.07) is 7.76. The standard InChI is InChI=1S/C16H17BrCl2N2/c1-2-6-21-15(8-11-7-12(17)10-20-9-11)16-13(18)4-3-5-14(16)19/h3-5,7,9-10,15,21H,2,6,8H2,1H3. The van der Waals surface area contributed by atoms with Crippen molar-refractivity contribution >= 4 is 39.1 Å². The predicted octanol–water partition coefficient (Wildman–Crippen LogP) is 5.43. The summed E-state index contributed by atoms with van der Waals surface area (Å²) in [7, 11) is 0. The van der Waals surface area contributed by atoms with Gasteiger partial charge in [-0.25, -0.2) is 0 Å². The van der Waals surface area contributed by atoms with Gasteiger partial charge in [-0.3, -0.25) is 4.98 Å². The van der Waals surface area contributed by atoms with E-state index >= 15 is 0 Å². The molecule has 1 heterocycles. The van der Waals surface area contributed by atoms with E-state index in [1.54, 1.807) is 6.20 Å². The number of nitrogens with zero attached hydrogens (tertiary/aromatic N) is 1. The summed E-state index contributed by atoms with van der Waals surface area (Å²) in [5, 5.41) is 4.91. The number of hydrogen-bond acceptors (Lipinski definition) is 2. The number of hydrogen-bond donors (Lipinski definition) is 1. The molecule has 1 aromatic carbocycles. The zero-order valence-electron chi connectivity index (χ0n) is 11.7. The van der Waals surface area contributed by atoms with Crippen molar-refractivity contribution in [1.82, 2.24) is 10.3 Å². The highest BCUT2D eigenvalue weighted by Crippen LogP contribution is 2.32. The maximum atomic E-state index is 6.35. The Labute approximate surface area is 144 Å². The Bertz CT molecular complexity index is 584. The Morgan fingerprint density at radius 3 is 2.57 bits per heavy atom. The van der Waals surface area contributed by atoms with Gasteiger partial charge >= 0.3 is 0 Å². The van der Waals surface area contributed by atoms with Crippen LogP contribution in [0.15, 0.2) is 41.1 Å². The van der Waals surface area contributed by atoms with E-state index in [1.165, 1.54) is 0 Å². The summed E-state index contributed by atoms with van der Waals surface area (Å²) in [6.45, 7) is 3.05. The van der Waals surface area contributed by atoms with Crippen molar-refractivity contribution < 1.29 is 0 Å². The van der Waals surface area contributed by atoms with Crippen molar-refractivity contribution in [2.24, 2.45) is 0 Å². The Balaban J connectivity index is 2.30. The molecule has 0 saturated carbocycles. The zero-order valence-corrected chi connectivity index (χ0v) is 14.8. The molecule has 2 nitrogen and oxygen atoms in total. The molecule has 5 heteroatoms. The van der Waals surface area contributed by atoms with Gasteiger partial charge in [0.1, 0.15) is 0 Å². The van der Waals surface area contributed by atoms with Gasteiger partial charge in [-0.05, 0) is 59.1 Å². The summed E-state index contributed by atoms with van der Waals surface area (Å²) in [4.78, 5) is 4.22. The second kappa shape index (κ2) is 8.14. The largest absolute Gasteiger partial charge is 0.310 e. The highest BCUT2D eigenvalue weighted by molar-refractivity contribution is 9.10. The van der Waals surface area contributed by atoms with E-state index in [0.29, 0.717) is 10.0 Å². The third-order valence-corrected chi connectivity index (χ3v) is 4.28. The Morgan fingerprint density at radius 2 is 1.95 bits per heavy atom. The van der Waals surface area contributed by atoms with Gasteiger partial charge in [0.15, 0.2) is 0 Å². The van der Waals surface area contributed by atoms with Gasteiger partial charge < -0.3 is 5.32 Å². The lowest BCUT2D eigenvalue weighted by Crippen LogP contribution is -2.24. The molecule has 0 bridgehead atoms. The van der Waals surface area contributed by atoms with Crippen LogP contribution >= 0.6 is 39.1 Å². The number of benzene rings is 1. The normalized spacial score (nSPS) is 12.4. The first-order valence-electron chi connectivity index (χ1n) is 6.88. The van der Waals surface area contributed by atoms with E-state index in [4.69, 9.17) is 23.2 Å². The van der Waals surface area contributed by atoms with Gasteiger partial charge in [-0.15, -0.1) is 0 Å². The maximum Gasteiger partial charge on any atom is 0.0468 e. The number of rotatable bonds is 6.